The quantitative estimate of drug-likeness (QED) is 0.643. The number of morpholine rings is 1. The molecule has 2 heterocycles. The molecule has 0 aromatic carbocycles. The molecule has 3 aliphatic rings. The number of halogens is 3. The van der Waals surface area contributed by atoms with Gasteiger partial charge in [0.25, 0.3) is 0 Å². The van der Waals surface area contributed by atoms with Crippen LogP contribution in [0.25, 0.3) is 5.70 Å². The highest BCUT2D eigenvalue weighted by Crippen LogP contribution is 2.59. The number of rotatable bonds is 6. The molecule has 4 N–H and O–H groups in total. The zero-order chi connectivity index (χ0) is 23.0. The van der Waals surface area contributed by atoms with Crippen molar-refractivity contribution in [2.75, 3.05) is 32.0 Å². The number of ether oxygens (including phenoxy) is 2. The van der Waals surface area contributed by atoms with Crippen molar-refractivity contribution in [3.8, 4) is 5.75 Å². The van der Waals surface area contributed by atoms with E-state index in [2.05, 4.69) is 14.6 Å². The molecule has 2 atom stereocenters. The van der Waals surface area contributed by atoms with E-state index in [0.717, 1.165) is 50.9 Å². The average Bonchev–Trinajstić information content (AvgIpc) is 3.21. The van der Waals surface area contributed by atoms with Gasteiger partial charge in [0, 0.05) is 54.3 Å². The predicted octanol–water partition coefficient (Wildman–Crippen LogP) is 3.07. The molecule has 10 heteroatoms. The molecule has 1 aliphatic heterocycles. The molecule has 1 aromatic heterocycles. The van der Waals surface area contributed by atoms with E-state index in [9.17, 15) is 13.2 Å². The Morgan fingerprint density at radius 1 is 1.28 bits per heavy atom. The summed E-state index contributed by atoms with van der Waals surface area (Å²) in [5.41, 5.74) is 13.3. The molecule has 7 nitrogen and oxygen atoms in total. The van der Waals surface area contributed by atoms with Crippen LogP contribution < -0.4 is 16.2 Å². The van der Waals surface area contributed by atoms with Gasteiger partial charge in [-0.25, -0.2) is 4.98 Å². The number of hydrogen-bond acceptors (Lipinski definition) is 7. The molecule has 2 unspecified atom stereocenters. The van der Waals surface area contributed by atoms with Gasteiger partial charge >= 0.3 is 6.36 Å². The molecule has 1 saturated heterocycles. The summed E-state index contributed by atoms with van der Waals surface area (Å²) >= 11 is 0. The number of pyridine rings is 1. The smallest absolute Gasteiger partial charge is 0.402 e. The number of alkyl halides is 3. The van der Waals surface area contributed by atoms with E-state index in [1.54, 1.807) is 6.08 Å². The highest BCUT2D eigenvalue weighted by Gasteiger charge is 2.58. The number of hydrogen-bond donors (Lipinski definition) is 2. The summed E-state index contributed by atoms with van der Waals surface area (Å²) in [4.78, 5) is 11.1. The first-order valence-electron chi connectivity index (χ1n) is 11.0. The van der Waals surface area contributed by atoms with E-state index in [4.69, 9.17) is 21.2 Å². The Morgan fingerprint density at radius 3 is 2.53 bits per heavy atom. The fourth-order valence-corrected chi connectivity index (χ4v) is 5.07. The Hall–Kier alpha value is -2.33. The van der Waals surface area contributed by atoms with Gasteiger partial charge in [0.05, 0.1) is 13.2 Å². The first-order valence-corrected chi connectivity index (χ1v) is 11.0. The van der Waals surface area contributed by atoms with Gasteiger partial charge < -0.3 is 20.9 Å². The van der Waals surface area contributed by atoms with Crippen LogP contribution in [0.15, 0.2) is 23.3 Å². The van der Waals surface area contributed by atoms with Gasteiger partial charge in [-0.3, -0.25) is 9.89 Å². The standard InChI is InChI=1S/C22H30F3N5O2/c1-12(2)29-18(20-15-8-14(9-16(15)20)30-3-5-31-6-4-30)10-17(26)13-7-19(21(27)28-11-13)32-22(23,24)25/h7,10-12,14-16,20H,3-6,8-9,26H2,1-2H3,(H2,27,28). The number of nitrogens with zero attached hydrogens (tertiary/aromatic N) is 3. The largest absolute Gasteiger partial charge is 0.573 e. The number of anilines is 1. The fraction of sp³-hybridized carbons (Fsp3) is 0.636. The molecule has 1 aromatic rings. The summed E-state index contributed by atoms with van der Waals surface area (Å²) in [6, 6.07) is 1.84. The second kappa shape index (κ2) is 8.90. The summed E-state index contributed by atoms with van der Waals surface area (Å²) in [5, 5.41) is 0. The van der Waals surface area contributed by atoms with Gasteiger partial charge in [0.2, 0.25) is 0 Å². The summed E-state index contributed by atoms with van der Waals surface area (Å²) in [5.74, 6) is 0.558. The Kier molecular flexibility index (Phi) is 6.35. The van der Waals surface area contributed by atoms with Gasteiger partial charge in [0.15, 0.2) is 11.6 Å². The lowest BCUT2D eigenvalue weighted by Crippen LogP contribution is -2.43. The average molecular weight is 454 g/mol. The van der Waals surface area contributed by atoms with E-state index < -0.39 is 12.1 Å². The summed E-state index contributed by atoms with van der Waals surface area (Å²) in [7, 11) is 0. The van der Waals surface area contributed by atoms with Crippen LogP contribution in [0, 0.1) is 17.8 Å². The number of aliphatic imine (C=N–C) groups is 1. The number of fused-ring (bicyclic) bond motifs is 1. The van der Waals surface area contributed by atoms with E-state index in [1.807, 2.05) is 13.8 Å². The molecule has 0 spiro atoms. The monoisotopic (exact) mass is 453 g/mol. The van der Waals surface area contributed by atoms with Crippen molar-refractivity contribution in [3.63, 3.8) is 0 Å². The topological polar surface area (TPSA) is 99.0 Å². The third-order valence-corrected chi connectivity index (χ3v) is 6.48. The zero-order valence-corrected chi connectivity index (χ0v) is 18.3. The Labute approximate surface area is 185 Å². The molecule has 0 amide bonds. The lowest BCUT2D eigenvalue weighted by Gasteiger charge is -2.33. The first kappa shape index (κ1) is 22.8. The van der Waals surface area contributed by atoms with Crippen LogP contribution in [-0.4, -0.2) is 60.3 Å². The summed E-state index contributed by atoms with van der Waals surface area (Å²) in [6.07, 6.45) is 0.525. The van der Waals surface area contributed by atoms with E-state index in [-0.39, 0.29) is 11.9 Å². The van der Waals surface area contributed by atoms with E-state index in [1.165, 1.54) is 6.20 Å². The minimum Gasteiger partial charge on any atom is -0.402 e. The number of aromatic nitrogens is 1. The Morgan fingerprint density at radius 2 is 1.94 bits per heavy atom. The molecule has 3 fully saturated rings. The van der Waals surface area contributed by atoms with Crippen molar-refractivity contribution in [3.05, 3.63) is 23.9 Å². The molecule has 2 saturated carbocycles. The molecule has 0 bridgehead atoms. The third kappa shape index (κ3) is 5.17. The number of allylic oxidation sites excluding steroid dienone is 1. The maximum absolute atomic E-state index is 12.6. The van der Waals surface area contributed by atoms with E-state index >= 15 is 0 Å². The van der Waals surface area contributed by atoms with Crippen LogP contribution in [0.2, 0.25) is 0 Å². The Bertz CT molecular complexity index is 884. The minimum atomic E-state index is -4.86. The maximum Gasteiger partial charge on any atom is 0.573 e. The lowest BCUT2D eigenvalue weighted by atomic mass is 10.0. The summed E-state index contributed by atoms with van der Waals surface area (Å²) < 4.78 is 47.3. The molecule has 176 valence electrons. The molecule has 0 radical (unpaired) electrons. The van der Waals surface area contributed by atoms with Crippen LogP contribution in [0.3, 0.4) is 0 Å². The molecule has 32 heavy (non-hydrogen) atoms. The highest BCUT2D eigenvalue weighted by molar-refractivity contribution is 6.04. The van der Waals surface area contributed by atoms with Crippen LogP contribution >= 0.6 is 0 Å². The fourth-order valence-electron chi connectivity index (χ4n) is 5.07. The molecular weight excluding hydrogens is 423 g/mol. The van der Waals surface area contributed by atoms with Crippen LogP contribution in [0.1, 0.15) is 32.3 Å². The normalized spacial score (nSPS) is 29.3. The van der Waals surface area contributed by atoms with Crippen molar-refractivity contribution in [2.45, 2.75) is 45.1 Å². The van der Waals surface area contributed by atoms with Crippen molar-refractivity contribution < 1.29 is 22.6 Å². The van der Waals surface area contributed by atoms with Crippen molar-refractivity contribution >= 4 is 17.2 Å². The van der Waals surface area contributed by atoms with Crippen LogP contribution in [-0.2, 0) is 4.74 Å². The van der Waals surface area contributed by atoms with E-state index in [0.29, 0.717) is 35.1 Å². The molecule has 4 rings (SSSR count). The van der Waals surface area contributed by atoms with Crippen molar-refractivity contribution in [1.29, 1.82) is 0 Å². The predicted molar refractivity (Wildman–Crippen MR) is 116 cm³/mol. The lowest BCUT2D eigenvalue weighted by molar-refractivity contribution is -0.274. The second-order valence-electron chi connectivity index (χ2n) is 9.03. The van der Waals surface area contributed by atoms with Crippen LogP contribution in [0.5, 0.6) is 5.75 Å². The number of nitrogen functional groups attached to an aromatic ring is 1. The first-order chi connectivity index (χ1) is 15.1. The zero-order valence-electron chi connectivity index (χ0n) is 18.3. The van der Waals surface area contributed by atoms with Crippen molar-refractivity contribution in [1.82, 2.24) is 9.88 Å². The minimum absolute atomic E-state index is 0.0825. The molecule has 2 aliphatic carbocycles. The SMILES string of the molecule is CC(C)N=C(C=C(N)c1cnc(N)c(OC(F)(F)F)c1)C1C2CC(N3CCOCC3)CC21. The number of nitrogens with two attached hydrogens (primary N) is 2. The van der Waals surface area contributed by atoms with Crippen molar-refractivity contribution in [2.24, 2.45) is 28.5 Å². The summed E-state index contributed by atoms with van der Waals surface area (Å²) in [6.45, 7) is 7.56. The molecular formula is C22H30F3N5O2. The van der Waals surface area contributed by atoms with Crippen LogP contribution in [0.4, 0.5) is 19.0 Å². The van der Waals surface area contributed by atoms with Gasteiger partial charge in [0.1, 0.15) is 0 Å². The van der Waals surface area contributed by atoms with Gasteiger partial charge in [-0.2, -0.15) is 0 Å². The van der Waals surface area contributed by atoms with Gasteiger partial charge in [-0.15, -0.1) is 13.2 Å². The highest BCUT2D eigenvalue weighted by atomic mass is 19.4. The second-order valence-corrected chi connectivity index (χ2v) is 9.03. The maximum atomic E-state index is 12.6. The van der Waals surface area contributed by atoms with Gasteiger partial charge in [-0.05, 0) is 50.7 Å². The third-order valence-electron chi connectivity index (χ3n) is 6.48. The Balaban J connectivity index is 1.49. The van der Waals surface area contributed by atoms with Gasteiger partial charge in [-0.1, -0.05) is 0 Å².